The molecule has 0 amide bonds. The Kier molecular flexibility index (Phi) is 2.31. The van der Waals surface area contributed by atoms with Crippen LogP contribution in [-0.4, -0.2) is 16.7 Å². The molecule has 0 aliphatic heterocycles. The maximum Gasteiger partial charge on any atom is 0.189 e. The predicted octanol–water partition coefficient (Wildman–Crippen LogP) is 2.11. The second-order valence-corrected chi connectivity index (χ2v) is 4.12. The van der Waals surface area contributed by atoms with Crippen molar-refractivity contribution < 1.29 is 10.0 Å². The molecule has 0 saturated heterocycles. The first-order valence-corrected chi connectivity index (χ1v) is 5.02. The van der Waals surface area contributed by atoms with Crippen molar-refractivity contribution in [1.82, 2.24) is 0 Å². The van der Waals surface area contributed by atoms with Crippen molar-refractivity contribution in [3.8, 4) is 0 Å². The molecular weight excluding hydrogens is 190 g/mol. The van der Waals surface area contributed by atoms with E-state index < -0.39 is 0 Å². The molecule has 0 radical (unpaired) electrons. The SMILES string of the molecule is CC(C)c1ccc2c(c1)/C(=N\O)C(=O)C2. The third-order valence-corrected chi connectivity index (χ3v) is 2.77. The normalized spacial score (nSPS) is 17.5. The van der Waals surface area contributed by atoms with Gasteiger partial charge in [0.2, 0.25) is 0 Å². The topological polar surface area (TPSA) is 49.7 Å². The van der Waals surface area contributed by atoms with Crippen LogP contribution < -0.4 is 0 Å². The summed E-state index contributed by atoms with van der Waals surface area (Å²) in [5.74, 6) is 0.305. The number of hydrogen-bond acceptors (Lipinski definition) is 3. The quantitative estimate of drug-likeness (QED) is 0.561. The van der Waals surface area contributed by atoms with Crippen molar-refractivity contribution in [3.05, 3.63) is 34.9 Å². The summed E-state index contributed by atoms with van der Waals surface area (Å²) in [4.78, 5) is 11.5. The van der Waals surface area contributed by atoms with Gasteiger partial charge in [-0.3, -0.25) is 4.79 Å². The number of hydrogen-bond donors (Lipinski definition) is 1. The molecule has 0 unspecified atom stereocenters. The summed E-state index contributed by atoms with van der Waals surface area (Å²) in [5, 5.41) is 11.9. The van der Waals surface area contributed by atoms with Crippen LogP contribution >= 0.6 is 0 Å². The van der Waals surface area contributed by atoms with E-state index in [0.29, 0.717) is 12.3 Å². The molecule has 15 heavy (non-hydrogen) atoms. The number of carbonyl (C=O) groups excluding carboxylic acids is 1. The lowest BCUT2D eigenvalue weighted by Gasteiger charge is -2.07. The number of rotatable bonds is 1. The molecule has 3 nitrogen and oxygen atoms in total. The minimum Gasteiger partial charge on any atom is -0.410 e. The standard InChI is InChI=1S/C12H13NO2/c1-7(2)8-3-4-9-6-11(14)12(13-15)10(9)5-8/h3-5,7,15H,6H2,1-2H3/b13-12+. The van der Waals surface area contributed by atoms with Crippen molar-refractivity contribution in [3.63, 3.8) is 0 Å². The highest BCUT2D eigenvalue weighted by atomic mass is 16.4. The summed E-state index contributed by atoms with van der Waals surface area (Å²) < 4.78 is 0. The van der Waals surface area contributed by atoms with E-state index in [9.17, 15) is 4.79 Å². The van der Waals surface area contributed by atoms with E-state index in [-0.39, 0.29) is 11.5 Å². The largest absolute Gasteiger partial charge is 0.410 e. The van der Waals surface area contributed by atoms with Gasteiger partial charge >= 0.3 is 0 Å². The van der Waals surface area contributed by atoms with Gasteiger partial charge in [0, 0.05) is 12.0 Å². The Morgan fingerprint density at radius 1 is 1.40 bits per heavy atom. The fourth-order valence-electron chi connectivity index (χ4n) is 1.84. The maximum atomic E-state index is 11.5. The monoisotopic (exact) mass is 203 g/mol. The second-order valence-electron chi connectivity index (χ2n) is 4.12. The number of nitrogens with zero attached hydrogens (tertiary/aromatic N) is 1. The number of fused-ring (bicyclic) bond motifs is 1. The number of Topliss-reactive ketones (excluding diaryl/α,β-unsaturated/α-hetero) is 1. The number of ketones is 1. The maximum absolute atomic E-state index is 11.5. The summed E-state index contributed by atoms with van der Waals surface area (Å²) in [6.07, 6.45) is 0.354. The van der Waals surface area contributed by atoms with Gasteiger partial charge in [0.15, 0.2) is 11.5 Å². The minimum atomic E-state index is -0.103. The number of benzene rings is 1. The average Bonchev–Trinajstić information content (AvgIpc) is 2.51. The fourth-order valence-corrected chi connectivity index (χ4v) is 1.84. The van der Waals surface area contributed by atoms with E-state index in [4.69, 9.17) is 5.21 Å². The van der Waals surface area contributed by atoms with E-state index in [0.717, 1.165) is 16.7 Å². The molecule has 0 bridgehead atoms. The van der Waals surface area contributed by atoms with Crippen LogP contribution in [0, 0.1) is 0 Å². The summed E-state index contributed by atoms with van der Waals surface area (Å²) in [5.41, 5.74) is 3.10. The van der Waals surface area contributed by atoms with Crippen LogP contribution in [0.25, 0.3) is 0 Å². The smallest absolute Gasteiger partial charge is 0.189 e. The second kappa shape index (κ2) is 3.50. The molecule has 0 saturated carbocycles. The summed E-state index contributed by atoms with van der Waals surface area (Å²) in [6.45, 7) is 4.18. The van der Waals surface area contributed by atoms with E-state index in [1.54, 1.807) is 0 Å². The van der Waals surface area contributed by atoms with E-state index in [1.165, 1.54) is 0 Å². The van der Waals surface area contributed by atoms with Gasteiger partial charge < -0.3 is 5.21 Å². The predicted molar refractivity (Wildman–Crippen MR) is 57.6 cm³/mol. The Labute approximate surface area is 88.4 Å². The van der Waals surface area contributed by atoms with E-state index in [1.807, 2.05) is 18.2 Å². The first-order valence-electron chi connectivity index (χ1n) is 5.02. The van der Waals surface area contributed by atoms with Crippen LogP contribution in [-0.2, 0) is 11.2 Å². The average molecular weight is 203 g/mol. The molecule has 1 aromatic carbocycles. The van der Waals surface area contributed by atoms with Gasteiger partial charge in [0.1, 0.15) is 0 Å². The summed E-state index contributed by atoms with van der Waals surface area (Å²) in [7, 11) is 0. The lowest BCUT2D eigenvalue weighted by atomic mass is 9.98. The first-order chi connectivity index (χ1) is 7.13. The van der Waals surface area contributed by atoms with Gasteiger partial charge in [-0.2, -0.15) is 0 Å². The molecule has 0 fully saturated rings. The molecule has 1 aliphatic carbocycles. The molecular formula is C12H13NO2. The van der Waals surface area contributed by atoms with Crippen LogP contribution in [0.3, 0.4) is 0 Å². The van der Waals surface area contributed by atoms with Gasteiger partial charge in [-0.1, -0.05) is 31.1 Å². The van der Waals surface area contributed by atoms with Crippen molar-refractivity contribution in [2.45, 2.75) is 26.2 Å². The molecule has 0 atom stereocenters. The summed E-state index contributed by atoms with van der Waals surface area (Å²) >= 11 is 0. The summed E-state index contributed by atoms with van der Waals surface area (Å²) in [6, 6.07) is 5.91. The lowest BCUT2D eigenvalue weighted by Crippen LogP contribution is -2.08. The van der Waals surface area contributed by atoms with Crippen LogP contribution in [0.5, 0.6) is 0 Å². The van der Waals surface area contributed by atoms with Crippen LogP contribution in [0.1, 0.15) is 36.5 Å². The van der Waals surface area contributed by atoms with Gasteiger partial charge in [-0.25, -0.2) is 0 Å². The molecule has 1 N–H and O–H groups in total. The Bertz CT molecular complexity index is 447. The molecule has 2 rings (SSSR count). The van der Waals surface area contributed by atoms with Crippen LogP contribution in [0.15, 0.2) is 23.4 Å². The molecule has 0 heterocycles. The fraction of sp³-hybridized carbons (Fsp3) is 0.333. The van der Waals surface area contributed by atoms with Gasteiger partial charge in [0.25, 0.3) is 0 Å². The highest BCUT2D eigenvalue weighted by Gasteiger charge is 2.27. The van der Waals surface area contributed by atoms with Crippen molar-refractivity contribution in [2.75, 3.05) is 0 Å². The minimum absolute atomic E-state index is 0.103. The Hall–Kier alpha value is -1.64. The molecule has 3 heteroatoms. The highest BCUT2D eigenvalue weighted by Crippen LogP contribution is 2.24. The van der Waals surface area contributed by atoms with Crippen molar-refractivity contribution >= 4 is 11.5 Å². The van der Waals surface area contributed by atoms with Gasteiger partial charge in [-0.15, -0.1) is 0 Å². The molecule has 0 aromatic heterocycles. The number of carbonyl (C=O) groups is 1. The van der Waals surface area contributed by atoms with E-state index in [2.05, 4.69) is 19.0 Å². The zero-order valence-electron chi connectivity index (χ0n) is 8.82. The third kappa shape index (κ3) is 1.54. The van der Waals surface area contributed by atoms with Crippen molar-refractivity contribution in [2.24, 2.45) is 5.16 Å². The zero-order chi connectivity index (χ0) is 11.0. The van der Waals surface area contributed by atoms with E-state index >= 15 is 0 Å². The Morgan fingerprint density at radius 3 is 2.73 bits per heavy atom. The van der Waals surface area contributed by atoms with Gasteiger partial charge in [0.05, 0.1) is 0 Å². The Morgan fingerprint density at radius 2 is 2.13 bits per heavy atom. The first kappa shape index (κ1) is 9.90. The van der Waals surface area contributed by atoms with Gasteiger partial charge in [-0.05, 0) is 23.1 Å². The molecule has 78 valence electrons. The molecule has 1 aromatic rings. The number of oxime groups is 1. The lowest BCUT2D eigenvalue weighted by molar-refractivity contribution is -0.112. The zero-order valence-corrected chi connectivity index (χ0v) is 8.82. The Balaban J connectivity index is 2.54. The molecule has 0 spiro atoms. The third-order valence-electron chi connectivity index (χ3n) is 2.77. The highest BCUT2D eigenvalue weighted by molar-refractivity contribution is 6.49. The van der Waals surface area contributed by atoms with Crippen molar-refractivity contribution in [1.29, 1.82) is 0 Å². The van der Waals surface area contributed by atoms with Crippen LogP contribution in [0.2, 0.25) is 0 Å². The molecule has 1 aliphatic rings. The van der Waals surface area contributed by atoms with Crippen LogP contribution in [0.4, 0.5) is 0 Å².